The number of nitrogens with zero attached hydrogens (tertiary/aromatic N) is 2. The van der Waals surface area contributed by atoms with Crippen LogP contribution >= 0.6 is 0 Å². The molecule has 0 saturated heterocycles. The maximum atomic E-state index is 13.0. The van der Waals surface area contributed by atoms with E-state index < -0.39 is 24.4 Å². The zero-order chi connectivity index (χ0) is 25.4. The highest BCUT2D eigenvalue weighted by molar-refractivity contribution is 6.34. The van der Waals surface area contributed by atoms with Gasteiger partial charge in [-0.05, 0) is 74.4 Å². The van der Waals surface area contributed by atoms with Crippen molar-refractivity contribution in [2.45, 2.75) is 26.3 Å². The molecule has 0 spiro atoms. The predicted molar refractivity (Wildman–Crippen MR) is 133 cm³/mol. The highest BCUT2D eigenvalue weighted by Crippen LogP contribution is 2.32. The molecule has 3 aromatic carbocycles. The molecule has 0 aliphatic carbocycles. The van der Waals surface area contributed by atoms with Gasteiger partial charge in [-0.3, -0.25) is 14.4 Å². The molecule has 0 bridgehead atoms. The fraction of sp³-hybridized carbons (Fsp3) is 0.214. The number of fused-ring (bicyclic) bond motifs is 2. The second kappa shape index (κ2) is 9.30. The molecule has 2 aliphatic heterocycles. The van der Waals surface area contributed by atoms with Crippen LogP contribution in [-0.2, 0) is 16.0 Å². The molecule has 2 heterocycles. The first-order valence-electron chi connectivity index (χ1n) is 11.7. The lowest BCUT2D eigenvalue weighted by Crippen LogP contribution is -2.38. The van der Waals surface area contributed by atoms with Crippen LogP contribution in [0, 0.1) is 0 Å². The molecular weight excluding hydrogens is 460 g/mol. The summed E-state index contributed by atoms with van der Waals surface area (Å²) in [5.41, 5.74) is 2.69. The lowest BCUT2D eigenvalue weighted by Gasteiger charge is -2.22. The summed E-state index contributed by atoms with van der Waals surface area (Å²) >= 11 is 0. The minimum Gasteiger partial charge on any atom is -0.494 e. The number of hydrogen-bond donors (Lipinski definition) is 0. The number of hydrogen-bond acceptors (Lipinski definition) is 6. The van der Waals surface area contributed by atoms with E-state index >= 15 is 0 Å². The van der Waals surface area contributed by atoms with Gasteiger partial charge in [0.2, 0.25) is 0 Å². The van der Waals surface area contributed by atoms with Gasteiger partial charge < -0.3 is 14.4 Å². The van der Waals surface area contributed by atoms with Crippen LogP contribution in [0.5, 0.6) is 5.75 Å². The Balaban J connectivity index is 1.29. The van der Waals surface area contributed by atoms with Crippen LogP contribution in [0.1, 0.15) is 50.5 Å². The second-order valence-electron chi connectivity index (χ2n) is 8.65. The number of ether oxygens (including phenoxy) is 2. The molecule has 36 heavy (non-hydrogen) atoms. The van der Waals surface area contributed by atoms with Crippen LogP contribution in [0.3, 0.4) is 0 Å². The quantitative estimate of drug-likeness (QED) is 0.388. The first-order chi connectivity index (χ1) is 17.4. The van der Waals surface area contributed by atoms with Crippen molar-refractivity contribution in [1.82, 2.24) is 0 Å². The standard InChI is InChI=1S/C28H24N2O6/c1-3-35-21-11-9-20(10-12-21)30-26(32)22-13-8-19(15-23(22)27(30)33)28(34)36-16-25(31)29-17(2)14-18-6-4-5-7-24(18)29/h4-13,15,17H,3,14,16H2,1-2H3. The van der Waals surface area contributed by atoms with Crippen molar-refractivity contribution in [2.75, 3.05) is 23.0 Å². The highest BCUT2D eigenvalue weighted by Gasteiger charge is 2.37. The van der Waals surface area contributed by atoms with E-state index in [9.17, 15) is 19.2 Å². The number of esters is 1. The second-order valence-corrected chi connectivity index (χ2v) is 8.65. The number of para-hydroxylation sites is 1. The number of carbonyl (C=O) groups is 4. The third kappa shape index (κ3) is 4.00. The molecule has 3 amide bonds. The SMILES string of the molecule is CCOc1ccc(N2C(=O)c3ccc(C(=O)OCC(=O)N4c5ccccc5CC4C)cc3C2=O)cc1. The summed E-state index contributed by atoms with van der Waals surface area (Å²) in [4.78, 5) is 54.2. The average Bonchev–Trinajstić information content (AvgIpc) is 3.35. The molecule has 8 heteroatoms. The van der Waals surface area contributed by atoms with Crippen molar-refractivity contribution in [3.8, 4) is 5.75 Å². The molecule has 3 aromatic rings. The van der Waals surface area contributed by atoms with E-state index in [4.69, 9.17) is 9.47 Å². The Morgan fingerprint density at radius 3 is 2.42 bits per heavy atom. The lowest BCUT2D eigenvalue weighted by molar-refractivity contribution is -0.122. The number of carbonyl (C=O) groups excluding carboxylic acids is 4. The Bertz CT molecular complexity index is 1380. The van der Waals surface area contributed by atoms with Crippen LogP contribution in [0.4, 0.5) is 11.4 Å². The van der Waals surface area contributed by atoms with Crippen LogP contribution < -0.4 is 14.5 Å². The molecule has 0 saturated carbocycles. The zero-order valence-electron chi connectivity index (χ0n) is 19.9. The van der Waals surface area contributed by atoms with Gasteiger partial charge in [-0.25, -0.2) is 9.69 Å². The number of imide groups is 1. The van der Waals surface area contributed by atoms with Gasteiger partial charge in [0, 0.05) is 11.7 Å². The Labute approximate surface area is 208 Å². The summed E-state index contributed by atoms with van der Waals surface area (Å²) < 4.78 is 10.7. The summed E-state index contributed by atoms with van der Waals surface area (Å²) in [7, 11) is 0. The monoisotopic (exact) mass is 484 g/mol. The Morgan fingerprint density at radius 2 is 1.67 bits per heavy atom. The third-order valence-electron chi connectivity index (χ3n) is 6.33. The topological polar surface area (TPSA) is 93.2 Å². The maximum Gasteiger partial charge on any atom is 0.338 e. The van der Waals surface area contributed by atoms with Crippen molar-refractivity contribution in [2.24, 2.45) is 0 Å². The molecule has 1 unspecified atom stereocenters. The molecule has 2 aliphatic rings. The van der Waals surface area contributed by atoms with Gasteiger partial charge in [-0.2, -0.15) is 0 Å². The van der Waals surface area contributed by atoms with Crippen molar-refractivity contribution >= 4 is 35.1 Å². The molecule has 8 nitrogen and oxygen atoms in total. The summed E-state index contributed by atoms with van der Waals surface area (Å²) in [5, 5.41) is 0. The fourth-order valence-corrected chi connectivity index (χ4v) is 4.69. The molecule has 5 rings (SSSR count). The molecule has 0 N–H and O–H groups in total. The molecule has 0 radical (unpaired) electrons. The van der Waals surface area contributed by atoms with Crippen LogP contribution in [0.25, 0.3) is 0 Å². The van der Waals surface area contributed by atoms with Crippen molar-refractivity contribution in [1.29, 1.82) is 0 Å². The molecule has 182 valence electrons. The van der Waals surface area contributed by atoms with Gasteiger partial charge >= 0.3 is 5.97 Å². The fourth-order valence-electron chi connectivity index (χ4n) is 4.69. The van der Waals surface area contributed by atoms with Crippen molar-refractivity contribution in [3.05, 3.63) is 89.0 Å². The molecule has 0 aromatic heterocycles. The highest BCUT2D eigenvalue weighted by atomic mass is 16.5. The smallest absolute Gasteiger partial charge is 0.338 e. The van der Waals surface area contributed by atoms with Gasteiger partial charge in [-0.1, -0.05) is 18.2 Å². The van der Waals surface area contributed by atoms with Crippen LogP contribution in [0.15, 0.2) is 66.7 Å². The molecule has 1 atom stereocenters. The van der Waals surface area contributed by atoms with E-state index in [1.807, 2.05) is 38.1 Å². The van der Waals surface area contributed by atoms with E-state index in [0.29, 0.717) is 18.0 Å². The van der Waals surface area contributed by atoms with Gasteiger partial charge in [-0.15, -0.1) is 0 Å². The van der Waals surface area contributed by atoms with Crippen molar-refractivity contribution in [3.63, 3.8) is 0 Å². The summed E-state index contributed by atoms with van der Waals surface area (Å²) in [6, 6.07) is 18.4. The van der Waals surface area contributed by atoms with Gasteiger partial charge in [0.15, 0.2) is 6.61 Å². The van der Waals surface area contributed by atoms with E-state index in [0.717, 1.165) is 22.6 Å². The van der Waals surface area contributed by atoms with E-state index in [-0.39, 0.29) is 28.6 Å². The van der Waals surface area contributed by atoms with E-state index in [2.05, 4.69) is 0 Å². The summed E-state index contributed by atoms with van der Waals surface area (Å²) in [6.07, 6.45) is 0.738. The van der Waals surface area contributed by atoms with Gasteiger partial charge in [0.1, 0.15) is 5.75 Å². The Kier molecular flexibility index (Phi) is 6.01. The maximum absolute atomic E-state index is 13.0. The first kappa shape index (κ1) is 23.3. The average molecular weight is 485 g/mol. The number of rotatable bonds is 6. The van der Waals surface area contributed by atoms with Crippen LogP contribution in [-0.4, -0.2) is 42.9 Å². The van der Waals surface area contributed by atoms with Gasteiger partial charge in [0.05, 0.1) is 29.0 Å². The Hall–Kier alpha value is -4.46. The number of benzene rings is 3. The minimum atomic E-state index is -0.744. The summed E-state index contributed by atoms with van der Waals surface area (Å²) in [5.74, 6) is -1.45. The van der Waals surface area contributed by atoms with Crippen molar-refractivity contribution < 1.29 is 28.7 Å². The van der Waals surface area contributed by atoms with E-state index in [1.165, 1.54) is 18.2 Å². The minimum absolute atomic E-state index is 0.0363. The number of amides is 3. The summed E-state index contributed by atoms with van der Waals surface area (Å²) in [6.45, 7) is 3.88. The molecular formula is C28H24N2O6. The normalized spacial score (nSPS) is 16.1. The van der Waals surface area contributed by atoms with Crippen LogP contribution in [0.2, 0.25) is 0 Å². The first-order valence-corrected chi connectivity index (χ1v) is 11.7. The predicted octanol–water partition coefficient (Wildman–Crippen LogP) is 4.02. The molecule has 0 fully saturated rings. The van der Waals surface area contributed by atoms with E-state index in [1.54, 1.807) is 29.2 Å². The Morgan fingerprint density at radius 1 is 0.944 bits per heavy atom. The number of anilines is 2. The zero-order valence-corrected chi connectivity index (χ0v) is 19.9. The largest absolute Gasteiger partial charge is 0.494 e. The third-order valence-corrected chi connectivity index (χ3v) is 6.33. The van der Waals surface area contributed by atoms with Gasteiger partial charge in [0.25, 0.3) is 17.7 Å². The lowest BCUT2D eigenvalue weighted by atomic mass is 10.1.